The number of hydrogen-bond donors (Lipinski definition) is 1. The summed E-state index contributed by atoms with van der Waals surface area (Å²) in [6, 6.07) is 2.01. The Morgan fingerprint density at radius 2 is 2.19 bits per heavy atom. The fraction of sp³-hybridized carbons (Fsp3) is 0.562. The van der Waals surface area contributed by atoms with Crippen LogP contribution in [0.25, 0.3) is 0 Å². The molecular weight excluding hydrogens is 302 g/mol. The van der Waals surface area contributed by atoms with Crippen molar-refractivity contribution in [1.29, 1.82) is 0 Å². The molecule has 0 bridgehead atoms. The van der Waals surface area contributed by atoms with Crippen LogP contribution in [0.2, 0.25) is 0 Å². The van der Waals surface area contributed by atoms with E-state index in [1.807, 2.05) is 18.5 Å². The van der Waals surface area contributed by atoms with Crippen molar-refractivity contribution in [2.75, 3.05) is 19.4 Å². The van der Waals surface area contributed by atoms with E-state index in [0.29, 0.717) is 18.7 Å². The Balaban J connectivity index is 2.49. The van der Waals surface area contributed by atoms with Crippen LogP contribution in [0.15, 0.2) is 11.4 Å². The number of thiophene rings is 1. The summed E-state index contributed by atoms with van der Waals surface area (Å²) in [6.07, 6.45) is 0.494. The van der Waals surface area contributed by atoms with Gasteiger partial charge in [0, 0.05) is 34.0 Å². The maximum Gasteiger partial charge on any atom is 0.232 e. The summed E-state index contributed by atoms with van der Waals surface area (Å²) in [4.78, 5) is 15.0. The Labute approximate surface area is 135 Å². The number of carbonyl (C=O) groups excluding carboxylic acids is 1. The van der Waals surface area contributed by atoms with E-state index in [9.17, 15) is 4.79 Å². The molecule has 0 aliphatic heterocycles. The van der Waals surface area contributed by atoms with Crippen LogP contribution in [-0.4, -0.2) is 40.1 Å². The van der Waals surface area contributed by atoms with E-state index in [4.69, 9.17) is 5.11 Å². The van der Waals surface area contributed by atoms with Crippen LogP contribution in [0, 0.1) is 11.8 Å². The van der Waals surface area contributed by atoms with Crippen LogP contribution in [-0.2, 0) is 11.3 Å². The number of thioether (sulfide) groups is 1. The van der Waals surface area contributed by atoms with Gasteiger partial charge in [-0.15, -0.1) is 23.1 Å². The molecule has 0 fully saturated rings. The summed E-state index contributed by atoms with van der Waals surface area (Å²) in [7, 11) is 1.84. The van der Waals surface area contributed by atoms with Gasteiger partial charge in [-0.3, -0.25) is 4.79 Å². The van der Waals surface area contributed by atoms with Gasteiger partial charge in [-0.1, -0.05) is 32.6 Å². The minimum atomic E-state index is 0.0900. The molecule has 0 radical (unpaired) electrons. The first-order chi connectivity index (χ1) is 9.81. The largest absolute Gasteiger partial charge is 0.395 e. The number of nitrogens with zero attached hydrogens (tertiary/aromatic N) is 1. The van der Waals surface area contributed by atoms with Crippen LogP contribution in [0.1, 0.15) is 37.6 Å². The Bertz CT molecular complexity index is 520. The molecule has 0 spiro atoms. The van der Waals surface area contributed by atoms with Crippen molar-refractivity contribution in [3.05, 3.63) is 21.9 Å². The second kappa shape index (κ2) is 8.47. The highest BCUT2D eigenvalue weighted by molar-refractivity contribution is 8.01. The minimum Gasteiger partial charge on any atom is -0.395 e. The van der Waals surface area contributed by atoms with Crippen LogP contribution >= 0.6 is 23.1 Å². The van der Waals surface area contributed by atoms with E-state index in [1.165, 1.54) is 0 Å². The van der Waals surface area contributed by atoms with Crippen molar-refractivity contribution in [3.8, 4) is 11.8 Å². The Morgan fingerprint density at radius 3 is 2.81 bits per heavy atom. The van der Waals surface area contributed by atoms with Gasteiger partial charge in [-0.25, -0.2) is 0 Å². The molecule has 1 aromatic rings. The summed E-state index contributed by atoms with van der Waals surface area (Å²) in [5.74, 6) is 6.56. The predicted octanol–water partition coefficient (Wildman–Crippen LogP) is 2.97. The second-order valence-electron chi connectivity index (χ2n) is 5.73. The van der Waals surface area contributed by atoms with Crippen molar-refractivity contribution in [2.45, 2.75) is 38.5 Å². The average Bonchev–Trinajstić information content (AvgIpc) is 2.83. The number of carbonyl (C=O) groups is 1. The summed E-state index contributed by atoms with van der Waals surface area (Å²) in [5.41, 5.74) is 0.952. The number of amides is 1. The van der Waals surface area contributed by atoms with Crippen molar-refractivity contribution in [2.24, 2.45) is 0 Å². The van der Waals surface area contributed by atoms with E-state index in [2.05, 4.69) is 32.6 Å². The molecule has 1 N–H and O–H groups in total. The zero-order chi connectivity index (χ0) is 15.9. The molecule has 0 saturated heterocycles. The quantitative estimate of drug-likeness (QED) is 0.846. The van der Waals surface area contributed by atoms with Gasteiger partial charge in [-0.2, -0.15) is 0 Å². The molecule has 1 heterocycles. The lowest BCUT2D eigenvalue weighted by Crippen LogP contribution is -2.28. The third-order valence-corrected chi connectivity index (χ3v) is 4.75. The summed E-state index contributed by atoms with van der Waals surface area (Å²) >= 11 is 3.28. The summed E-state index contributed by atoms with van der Waals surface area (Å²) in [6.45, 7) is 7.05. The Hall–Kier alpha value is -0.960. The number of rotatable bonds is 5. The van der Waals surface area contributed by atoms with Gasteiger partial charge < -0.3 is 10.0 Å². The van der Waals surface area contributed by atoms with Crippen molar-refractivity contribution >= 4 is 29.0 Å². The number of aliphatic hydroxyl groups excluding tert-OH is 1. The van der Waals surface area contributed by atoms with Gasteiger partial charge in [0.25, 0.3) is 0 Å². The first-order valence-corrected chi connectivity index (χ1v) is 8.73. The summed E-state index contributed by atoms with van der Waals surface area (Å²) in [5, 5.41) is 10.7. The molecule has 21 heavy (non-hydrogen) atoms. The first-order valence-electron chi connectivity index (χ1n) is 6.87. The third-order valence-electron chi connectivity index (χ3n) is 2.57. The van der Waals surface area contributed by atoms with Crippen LogP contribution in [0.4, 0.5) is 0 Å². The molecule has 3 nitrogen and oxygen atoms in total. The maximum absolute atomic E-state index is 12.1. The summed E-state index contributed by atoms with van der Waals surface area (Å²) < 4.78 is 0.106. The molecular formula is C16H23NO2S2. The second-order valence-corrected chi connectivity index (χ2v) is 8.53. The monoisotopic (exact) mass is 325 g/mol. The average molecular weight is 325 g/mol. The number of hydrogen-bond acceptors (Lipinski definition) is 4. The van der Waals surface area contributed by atoms with E-state index in [-0.39, 0.29) is 17.3 Å². The van der Waals surface area contributed by atoms with Gasteiger partial charge in [0.05, 0.1) is 18.9 Å². The molecule has 1 aromatic heterocycles. The molecule has 1 amide bonds. The van der Waals surface area contributed by atoms with Gasteiger partial charge in [0.15, 0.2) is 0 Å². The zero-order valence-electron chi connectivity index (χ0n) is 13.1. The zero-order valence-corrected chi connectivity index (χ0v) is 14.7. The Morgan fingerprint density at radius 1 is 1.48 bits per heavy atom. The molecule has 1 rings (SSSR count). The molecule has 0 saturated carbocycles. The number of aliphatic hydroxyl groups is 1. The normalized spacial score (nSPS) is 10.9. The standard InChI is InChI=1S/C16H23NO2S2/c1-16(2,3)21-12-15(19)17(4)10-14-9-13(11-20-14)7-5-6-8-18/h9,11,18H,6,8,10,12H2,1-4H3. The van der Waals surface area contributed by atoms with Crippen molar-refractivity contribution in [1.82, 2.24) is 4.90 Å². The van der Waals surface area contributed by atoms with Crippen LogP contribution < -0.4 is 0 Å². The van der Waals surface area contributed by atoms with Gasteiger partial charge in [-0.05, 0) is 6.07 Å². The SMILES string of the molecule is CN(Cc1cc(C#CCCO)cs1)C(=O)CSC(C)(C)C. The lowest BCUT2D eigenvalue weighted by atomic mass is 10.3. The molecule has 0 unspecified atom stereocenters. The lowest BCUT2D eigenvalue weighted by Gasteiger charge is -2.20. The van der Waals surface area contributed by atoms with E-state index in [1.54, 1.807) is 28.0 Å². The molecule has 0 atom stereocenters. The van der Waals surface area contributed by atoms with E-state index in [0.717, 1.165) is 10.4 Å². The fourth-order valence-corrected chi connectivity index (χ4v) is 3.11. The Kier molecular flexibility index (Phi) is 7.30. The maximum atomic E-state index is 12.1. The third kappa shape index (κ3) is 7.56. The molecule has 0 aromatic carbocycles. The highest BCUT2D eigenvalue weighted by Crippen LogP contribution is 2.23. The highest BCUT2D eigenvalue weighted by Gasteiger charge is 2.16. The highest BCUT2D eigenvalue weighted by atomic mass is 32.2. The molecule has 5 heteroatoms. The first kappa shape index (κ1) is 18.1. The molecule has 116 valence electrons. The smallest absolute Gasteiger partial charge is 0.232 e. The van der Waals surface area contributed by atoms with E-state index >= 15 is 0 Å². The topological polar surface area (TPSA) is 40.5 Å². The van der Waals surface area contributed by atoms with Crippen LogP contribution in [0.3, 0.4) is 0 Å². The van der Waals surface area contributed by atoms with Crippen molar-refractivity contribution in [3.63, 3.8) is 0 Å². The molecule has 0 aliphatic carbocycles. The predicted molar refractivity (Wildman–Crippen MR) is 91.6 cm³/mol. The van der Waals surface area contributed by atoms with E-state index < -0.39 is 0 Å². The van der Waals surface area contributed by atoms with Gasteiger partial charge in [0.2, 0.25) is 5.91 Å². The molecule has 0 aliphatic rings. The lowest BCUT2D eigenvalue weighted by molar-refractivity contribution is -0.127. The fourth-order valence-electron chi connectivity index (χ4n) is 1.46. The van der Waals surface area contributed by atoms with Crippen molar-refractivity contribution < 1.29 is 9.90 Å². The van der Waals surface area contributed by atoms with Gasteiger partial charge in [0.1, 0.15) is 0 Å². The minimum absolute atomic E-state index is 0.0900. The van der Waals surface area contributed by atoms with Gasteiger partial charge >= 0.3 is 0 Å². The van der Waals surface area contributed by atoms with Crippen LogP contribution in [0.5, 0.6) is 0 Å².